The van der Waals surface area contributed by atoms with Gasteiger partial charge in [-0.3, -0.25) is 9.88 Å². The van der Waals surface area contributed by atoms with E-state index in [9.17, 15) is 0 Å². The second-order valence-electron chi connectivity index (χ2n) is 4.82. The minimum absolute atomic E-state index is 0.573. The number of hydrogen-bond donors (Lipinski definition) is 1. The van der Waals surface area contributed by atoms with Crippen LogP contribution in [0.1, 0.15) is 32.8 Å². The number of hydrogen-bond acceptors (Lipinski definition) is 3. The fourth-order valence-corrected chi connectivity index (χ4v) is 2.06. The second-order valence-corrected chi connectivity index (χ2v) is 4.82. The van der Waals surface area contributed by atoms with Crippen molar-refractivity contribution >= 4 is 0 Å². The zero-order valence-corrected chi connectivity index (χ0v) is 11.5. The molecule has 0 spiro atoms. The lowest BCUT2D eigenvalue weighted by Gasteiger charge is -2.27. The molecule has 3 heteroatoms. The summed E-state index contributed by atoms with van der Waals surface area (Å²) in [5.74, 6) is 0. The van der Waals surface area contributed by atoms with E-state index < -0.39 is 0 Å². The van der Waals surface area contributed by atoms with Crippen molar-refractivity contribution in [1.29, 1.82) is 0 Å². The summed E-state index contributed by atoms with van der Waals surface area (Å²) in [7, 11) is 2.18. The average Bonchev–Trinajstić information content (AvgIpc) is 2.30. The molecule has 0 aliphatic heterocycles. The van der Waals surface area contributed by atoms with Crippen LogP contribution in [0.2, 0.25) is 0 Å². The molecule has 0 aromatic carbocycles. The number of nitrogens with one attached hydrogen (secondary N) is 1. The van der Waals surface area contributed by atoms with Gasteiger partial charge >= 0.3 is 0 Å². The van der Waals surface area contributed by atoms with Gasteiger partial charge < -0.3 is 5.32 Å². The number of rotatable bonds is 7. The first kappa shape index (κ1) is 14.1. The predicted octanol–water partition coefficient (Wildman–Crippen LogP) is 2.29. The molecule has 1 aromatic heterocycles. The Morgan fingerprint density at radius 2 is 2.18 bits per heavy atom. The van der Waals surface area contributed by atoms with Crippen LogP contribution >= 0.6 is 0 Å². The standard InChI is InChI=1S/C14H25N3/c1-5-16-12(2)9-13(3)17(4)11-14-7-6-8-15-10-14/h6-8,10,12-13,16H,5,9,11H2,1-4H3. The molecule has 0 amide bonds. The summed E-state index contributed by atoms with van der Waals surface area (Å²) >= 11 is 0. The summed E-state index contributed by atoms with van der Waals surface area (Å²) in [6, 6.07) is 5.27. The van der Waals surface area contributed by atoms with Crippen LogP contribution < -0.4 is 5.32 Å². The molecule has 0 saturated heterocycles. The largest absolute Gasteiger partial charge is 0.314 e. The van der Waals surface area contributed by atoms with Gasteiger partial charge in [0, 0.05) is 31.0 Å². The first-order valence-corrected chi connectivity index (χ1v) is 6.46. The summed E-state index contributed by atoms with van der Waals surface area (Å²) in [6.07, 6.45) is 4.93. The highest BCUT2D eigenvalue weighted by molar-refractivity contribution is 5.08. The molecule has 0 radical (unpaired) electrons. The first-order chi connectivity index (χ1) is 8.13. The minimum atomic E-state index is 0.573. The zero-order valence-electron chi connectivity index (χ0n) is 11.5. The second kappa shape index (κ2) is 7.41. The smallest absolute Gasteiger partial charge is 0.0312 e. The van der Waals surface area contributed by atoms with Gasteiger partial charge in [0.2, 0.25) is 0 Å². The summed E-state index contributed by atoms with van der Waals surface area (Å²) < 4.78 is 0. The van der Waals surface area contributed by atoms with Crippen molar-refractivity contribution in [2.45, 2.75) is 45.8 Å². The third-order valence-electron chi connectivity index (χ3n) is 3.15. The fourth-order valence-electron chi connectivity index (χ4n) is 2.06. The maximum Gasteiger partial charge on any atom is 0.0312 e. The Morgan fingerprint density at radius 1 is 1.41 bits per heavy atom. The molecule has 96 valence electrons. The van der Waals surface area contributed by atoms with E-state index in [0.29, 0.717) is 12.1 Å². The highest BCUT2D eigenvalue weighted by Gasteiger charge is 2.12. The molecule has 1 aromatic rings. The Bertz CT molecular complexity index is 300. The monoisotopic (exact) mass is 235 g/mol. The predicted molar refractivity (Wildman–Crippen MR) is 72.9 cm³/mol. The van der Waals surface area contributed by atoms with Gasteiger partial charge in [-0.25, -0.2) is 0 Å². The molecule has 0 saturated carbocycles. The van der Waals surface area contributed by atoms with E-state index in [0.717, 1.165) is 13.1 Å². The zero-order chi connectivity index (χ0) is 12.7. The highest BCUT2D eigenvalue weighted by atomic mass is 15.1. The molecule has 17 heavy (non-hydrogen) atoms. The molecular weight excluding hydrogens is 210 g/mol. The first-order valence-electron chi connectivity index (χ1n) is 6.46. The molecule has 0 aliphatic rings. The van der Waals surface area contributed by atoms with Crippen molar-refractivity contribution in [3.8, 4) is 0 Å². The van der Waals surface area contributed by atoms with Crippen LogP contribution in [-0.4, -0.2) is 35.6 Å². The van der Waals surface area contributed by atoms with Crippen LogP contribution in [0.3, 0.4) is 0 Å². The van der Waals surface area contributed by atoms with Crippen molar-refractivity contribution < 1.29 is 0 Å². The summed E-state index contributed by atoms with van der Waals surface area (Å²) in [6.45, 7) is 8.69. The van der Waals surface area contributed by atoms with Crippen LogP contribution in [0.25, 0.3) is 0 Å². The van der Waals surface area contributed by atoms with Crippen LogP contribution in [-0.2, 0) is 6.54 Å². The quantitative estimate of drug-likeness (QED) is 0.786. The van der Waals surface area contributed by atoms with Gasteiger partial charge in [-0.1, -0.05) is 13.0 Å². The van der Waals surface area contributed by atoms with E-state index in [4.69, 9.17) is 0 Å². The topological polar surface area (TPSA) is 28.2 Å². The fraction of sp³-hybridized carbons (Fsp3) is 0.643. The minimum Gasteiger partial charge on any atom is -0.314 e. The van der Waals surface area contributed by atoms with Gasteiger partial charge in [0.25, 0.3) is 0 Å². The Morgan fingerprint density at radius 3 is 2.76 bits per heavy atom. The molecule has 1 heterocycles. The van der Waals surface area contributed by atoms with Crippen LogP contribution in [0, 0.1) is 0 Å². The third kappa shape index (κ3) is 5.29. The van der Waals surface area contributed by atoms with E-state index in [2.05, 4.69) is 49.1 Å². The lowest BCUT2D eigenvalue weighted by atomic mass is 10.1. The van der Waals surface area contributed by atoms with Crippen LogP contribution in [0.4, 0.5) is 0 Å². The SMILES string of the molecule is CCNC(C)CC(C)N(C)Cc1cccnc1. The van der Waals surface area contributed by atoms with E-state index >= 15 is 0 Å². The van der Waals surface area contributed by atoms with Crippen molar-refractivity contribution in [3.63, 3.8) is 0 Å². The Kier molecular flexibility index (Phi) is 6.16. The van der Waals surface area contributed by atoms with E-state index in [1.807, 2.05) is 18.5 Å². The number of nitrogens with zero attached hydrogens (tertiary/aromatic N) is 2. The molecule has 0 bridgehead atoms. The summed E-state index contributed by atoms with van der Waals surface area (Å²) in [5, 5.41) is 3.46. The van der Waals surface area contributed by atoms with Crippen molar-refractivity contribution in [2.75, 3.05) is 13.6 Å². The Hall–Kier alpha value is -0.930. The van der Waals surface area contributed by atoms with Gasteiger partial charge in [-0.05, 0) is 45.5 Å². The van der Waals surface area contributed by atoms with E-state index in [1.54, 1.807) is 0 Å². The summed E-state index contributed by atoms with van der Waals surface area (Å²) in [5.41, 5.74) is 1.28. The molecule has 2 unspecified atom stereocenters. The maximum absolute atomic E-state index is 4.15. The molecule has 3 nitrogen and oxygen atoms in total. The molecule has 1 rings (SSSR count). The van der Waals surface area contributed by atoms with E-state index in [-0.39, 0.29) is 0 Å². The van der Waals surface area contributed by atoms with Crippen molar-refractivity contribution in [3.05, 3.63) is 30.1 Å². The highest BCUT2D eigenvalue weighted by Crippen LogP contribution is 2.09. The van der Waals surface area contributed by atoms with Crippen LogP contribution in [0.5, 0.6) is 0 Å². The third-order valence-corrected chi connectivity index (χ3v) is 3.15. The van der Waals surface area contributed by atoms with E-state index in [1.165, 1.54) is 12.0 Å². The van der Waals surface area contributed by atoms with Gasteiger partial charge in [-0.15, -0.1) is 0 Å². The number of aromatic nitrogens is 1. The van der Waals surface area contributed by atoms with Gasteiger partial charge in [0.1, 0.15) is 0 Å². The van der Waals surface area contributed by atoms with Gasteiger partial charge in [0.15, 0.2) is 0 Å². The number of pyridine rings is 1. The molecule has 1 N–H and O–H groups in total. The molecule has 2 atom stereocenters. The average molecular weight is 235 g/mol. The molecule has 0 aliphatic carbocycles. The lowest BCUT2D eigenvalue weighted by Crippen LogP contribution is -2.36. The van der Waals surface area contributed by atoms with Crippen molar-refractivity contribution in [2.24, 2.45) is 0 Å². The summed E-state index contributed by atoms with van der Waals surface area (Å²) in [4.78, 5) is 6.53. The molecule has 0 fully saturated rings. The van der Waals surface area contributed by atoms with Crippen molar-refractivity contribution in [1.82, 2.24) is 15.2 Å². The van der Waals surface area contributed by atoms with Gasteiger partial charge in [-0.2, -0.15) is 0 Å². The lowest BCUT2D eigenvalue weighted by molar-refractivity contribution is 0.223. The Balaban J connectivity index is 2.39. The Labute approximate surface area is 105 Å². The molecular formula is C14H25N3. The van der Waals surface area contributed by atoms with Crippen LogP contribution in [0.15, 0.2) is 24.5 Å². The normalized spacial score (nSPS) is 14.9. The van der Waals surface area contributed by atoms with Gasteiger partial charge in [0.05, 0.1) is 0 Å². The maximum atomic E-state index is 4.15.